The van der Waals surface area contributed by atoms with Crippen LogP contribution >= 0.6 is 11.3 Å². The smallest absolute Gasteiger partial charge is 0.228 e. The first kappa shape index (κ1) is 18.6. The second-order valence-electron chi connectivity index (χ2n) is 7.62. The molecule has 3 saturated heterocycles. The summed E-state index contributed by atoms with van der Waals surface area (Å²) in [6.45, 7) is 6.42. The Labute approximate surface area is 163 Å². The van der Waals surface area contributed by atoms with Gasteiger partial charge in [0, 0.05) is 45.1 Å². The number of carbonyl (C=O) groups excluding carboxylic acids is 2. The molecule has 3 aliphatic rings. The number of anilines is 2. The van der Waals surface area contributed by atoms with E-state index in [4.69, 9.17) is 0 Å². The van der Waals surface area contributed by atoms with Crippen molar-refractivity contribution in [3.63, 3.8) is 0 Å². The molecule has 1 N–H and O–H groups in total. The molecule has 0 radical (unpaired) electrons. The molecule has 0 saturated carbocycles. The van der Waals surface area contributed by atoms with E-state index < -0.39 is 0 Å². The van der Waals surface area contributed by atoms with Crippen LogP contribution in [-0.4, -0.2) is 72.7 Å². The average molecular weight is 393 g/mol. The topological polar surface area (TPSA) is 81.7 Å². The quantitative estimate of drug-likeness (QED) is 0.781. The number of amides is 2. The second kappa shape index (κ2) is 8.52. The minimum absolute atomic E-state index is 0.0902. The third-order valence-corrected chi connectivity index (χ3v) is 6.78. The summed E-state index contributed by atoms with van der Waals surface area (Å²) in [6.07, 6.45) is 5.75. The zero-order valence-electron chi connectivity index (χ0n) is 15.7. The fourth-order valence-electron chi connectivity index (χ4n) is 4.12. The molecule has 4 rings (SSSR count). The van der Waals surface area contributed by atoms with E-state index in [1.54, 1.807) is 4.90 Å². The van der Waals surface area contributed by atoms with Crippen LogP contribution in [0.4, 0.5) is 10.3 Å². The number of hydrogen-bond acceptors (Lipinski definition) is 7. The molecule has 0 aliphatic carbocycles. The van der Waals surface area contributed by atoms with Gasteiger partial charge in [-0.25, -0.2) is 0 Å². The molecule has 3 aliphatic heterocycles. The maximum atomic E-state index is 12.4. The van der Waals surface area contributed by atoms with Gasteiger partial charge in [-0.15, -0.1) is 10.2 Å². The SMILES string of the molecule is O=C(NCCN1CCCC1)C1CCN(c2nnc(N3CCCC3=O)s2)CC1. The Hall–Kier alpha value is -1.74. The van der Waals surface area contributed by atoms with Crippen LogP contribution in [0.15, 0.2) is 0 Å². The van der Waals surface area contributed by atoms with Crippen LogP contribution in [0.25, 0.3) is 0 Å². The molecule has 8 nitrogen and oxygen atoms in total. The number of piperidine rings is 1. The van der Waals surface area contributed by atoms with Gasteiger partial charge in [-0.3, -0.25) is 14.5 Å². The second-order valence-corrected chi connectivity index (χ2v) is 8.55. The molecule has 1 aromatic heterocycles. The normalized spacial score (nSPS) is 22.0. The molecular weight excluding hydrogens is 364 g/mol. The van der Waals surface area contributed by atoms with Gasteiger partial charge in [-0.1, -0.05) is 11.3 Å². The summed E-state index contributed by atoms with van der Waals surface area (Å²) in [7, 11) is 0. The molecule has 4 heterocycles. The highest BCUT2D eigenvalue weighted by Crippen LogP contribution is 2.32. The van der Waals surface area contributed by atoms with E-state index in [2.05, 4.69) is 25.3 Å². The summed E-state index contributed by atoms with van der Waals surface area (Å²) in [4.78, 5) is 30.6. The Balaban J connectivity index is 1.22. The number of rotatable bonds is 6. The van der Waals surface area contributed by atoms with Crippen LogP contribution in [0.5, 0.6) is 0 Å². The molecular formula is C18H28N6O2S. The zero-order valence-corrected chi connectivity index (χ0v) is 16.5. The first-order chi connectivity index (χ1) is 13.2. The zero-order chi connectivity index (χ0) is 18.6. The number of likely N-dealkylation sites (tertiary alicyclic amines) is 1. The molecule has 1 aromatic rings. The highest BCUT2D eigenvalue weighted by atomic mass is 32.1. The Kier molecular flexibility index (Phi) is 5.87. The van der Waals surface area contributed by atoms with E-state index in [0.29, 0.717) is 11.6 Å². The summed E-state index contributed by atoms with van der Waals surface area (Å²) >= 11 is 1.48. The van der Waals surface area contributed by atoms with Crippen LogP contribution in [-0.2, 0) is 9.59 Å². The number of nitrogens with zero attached hydrogens (tertiary/aromatic N) is 5. The van der Waals surface area contributed by atoms with Crippen molar-refractivity contribution in [3.8, 4) is 0 Å². The van der Waals surface area contributed by atoms with Crippen molar-refractivity contribution in [1.82, 2.24) is 20.4 Å². The van der Waals surface area contributed by atoms with Crippen molar-refractivity contribution >= 4 is 33.4 Å². The van der Waals surface area contributed by atoms with Gasteiger partial charge in [-0.2, -0.15) is 0 Å². The van der Waals surface area contributed by atoms with Crippen molar-refractivity contribution in [3.05, 3.63) is 0 Å². The highest BCUT2D eigenvalue weighted by Gasteiger charge is 2.29. The minimum atomic E-state index is 0.0902. The lowest BCUT2D eigenvalue weighted by Gasteiger charge is -2.30. The largest absolute Gasteiger partial charge is 0.355 e. The fourth-order valence-corrected chi connectivity index (χ4v) is 5.06. The first-order valence-electron chi connectivity index (χ1n) is 10.1. The fraction of sp³-hybridized carbons (Fsp3) is 0.778. The standard InChI is InChI=1S/C18H28N6O2S/c25-15-4-3-10-24(15)18-21-20-17(27-18)23-11-5-14(6-12-23)16(26)19-7-13-22-8-1-2-9-22/h14H,1-13H2,(H,19,26). The summed E-state index contributed by atoms with van der Waals surface area (Å²) in [6, 6.07) is 0. The minimum Gasteiger partial charge on any atom is -0.355 e. The van der Waals surface area contributed by atoms with Gasteiger partial charge in [0.05, 0.1) is 0 Å². The third-order valence-electron chi connectivity index (χ3n) is 5.77. The molecule has 27 heavy (non-hydrogen) atoms. The van der Waals surface area contributed by atoms with Gasteiger partial charge in [-0.05, 0) is 45.2 Å². The number of aromatic nitrogens is 2. The monoisotopic (exact) mass is 392 g/mol. The summed E-state index contributed by atoms with van der Waals surface area (Å²) in [5.74, 6) is 0.420. The number of carbonyl (C=O) groups is 2. The van der Waals surface area contributed by atoms with E-state index in [1.165, 1.54) is 37.3 Å². The van der Waals surface area contributed by atoms with Crippen LogP contribution in [0.1, 0.15) is 38.5 Å². The van der Waals surface area contributed by atoms with Gasteiger partial charge in [0.1, 0.15) is 0 Å². The van der Waals surface area contributed by atoms with Crippen LogP contribution in [0, 0.1) is 5.92 Å². The molecule has 9 heteroatoms. The van der Waals surface area contributed by atoms with Gasteiger partial charge in [0.2, 0.25) is 22.1 Å². The summed E-state index contributed by atoms with van der Waals surface area (Å²) in [5.41, 5.74) is 0. The summed E-state index contributed by atoms with van der Waals surface area (Å²) in [5, 5.41) is 13.2. The third kappa shape index (κ3) is 4.40. The molecule has 0 bridgehead atoms. The number of nitrogens with one attached hydrogen (secondary N) is 1. The Morgan fingerprint density at radius 1 is 1.04 bits per heavy atom. The maximum absolute atomic E-state index is 12.4. The van der Waals surface area contributed by atoms with E-state index in [9.17, 15) is 9.59 Å². The van der Waals surface area contributed by atoms with Gasteiger partial charge < -0.3 is 15.1 Å². The molecule has 2 amide bonds. The maximum Gasteiger partial charge on any atom is 0.228 e. The molecule has 0 spiro atoms. The van der Waals surface area contributed by atoms with E-state index in [1.807, 2.05) is 0 Å². The molecule has 148 valence electrons. The molecule has 0 unspecified atom stereocenters. The van der Waals surface area contributed by atoms with Crippen molar-refractivity contribution in [2.24, 2.45) is 5.92 Å². The predicted molar refractivity (Wildman–Crippen MR) is 105 cm³/mol. The van der Waals surface area contributed by atoms with Crippen molar-refractivity contribution in [2.45, 2.75) is 38.5 Å². The van der Waals surface area contributed by atoms with Gasteiger partial charge in [0.15, 0.2) is 0 Å². The lowest BCUT2D eigenvalue weighted by atomic mass is 9.96. The van der Waals surface area contributed by atoms with Crippen LogP contribution in [0.2, 0.25) is 0 Å². The van der Waals surface area contributed by atoms with Crippen molar-refractivity contribution < 1.29 is 9.59 Å². The van der Waals surface area contributed by atoms with E-state index >= 15 is 0 Å². The van der Waals surface area contributed by atoms with Gasteiger partial charge in [0.25, 0.3) is 0 Å². The first-order valence-corrected chi connectivity index (χ1v) is 10.9. The Bertz CT molecular complexity index is 667. The predicted octanol–water partition coefficient (Wildman–Crippen LogP) is 1.09. The summed E-state index contributed by atoms with van der Waals surface area (Å²) < 4.78 is 0. The molecule has 3 fully saturated rings. The Morgan fingerprint density at radius 3 is 2.48 bits per heavy atom. The van der Waals surface area contributed by atoms with Crippen LogP contribution < -0.4 is 15.1 Å². The van der Waals surface area contributed by atoms with Gasteiger partial charge >= 0.3 is 0 Å². The number of hydrogen-bond donors (Lipinski definition) is 1. The molecule has 0 atom stereocenters. The average Bonchev–Trinajstić information content (AvgIpc) is 3.43. The molecule has 0 aromatic carbocycles. The lowest BCUT2D eigenvalue weighted by Crippen LogP contribution is -2.42. The van der Waals surface area contributed by atoms with Crippen LogP contribution in [0.3, 0.4) is 0 Å². The van der Waals surface area contributed by atoms with Crippen molar-refractivity contribution in [1.29, 1.82) is 0 Å². The Morgan fingerprint density at radius 2 is 1.78 bits per heavy atom. The van der Waals surface area contributed by atoms with E-state index in [-0.39, 0.29) is 17.7 Å². The van der Waals surface area contributed by atoms with E-state index in [0.717, 1.165) is 57.1 Å². The lowest BCUT2D eigenvalue weighted by molar-refractivity contribution is -0.125. The van der Waals surface area contributed by atoms with Crippen molar-refractivity contribution in [2.75, 3.05) is 55.6 Å². The highest BCUT2D eigenvalue weighted by molar-refractivity contribution is 7.19.